The minimum atomic E-state index is -0.216. The van der Waals surface area contributed by atoms with Crippen LogP contribution in [0.1, 0.15) is 23.5 Å². The van der Waals surface area contributed by atoms with Crippen LogP contribution in [0.2, 0.25) is 5.02 Å². The van der Waals surface area contributed by atoms with Gasteiger partial charge >= 0.3 is 0 Å². The summed E-state index contributed by atoms with van der Waals surface area (Å²) in [6.45, 7) is 2.78. The first-order chi connectivity index (χ1) is 7.63. The zero-order valence-electron chi connectivity index (χ0n) is 8.65. The summed E-state index contributed by atoms with van der Waals surface area (Å²) in [6.07, 6.45) is 1.64. The molecule has 16 heavy (non-hydrogen) atoms. The zero-order valence-corrected chi connectivity index (χ0v) is 11.8. The highest BCUT2D eigenvalue weighted by Gasteiger charge is 2.19. The van der Waals surface area contributed by atoms with Crippen molar-refractivity contribution in [3.05, 3.63) is 37.7 Å². The van der Waals surface area contributed by atoms with E-state index in [4.69, 9.17) is 17.3 Å². The van der Waals surface area contributed by atoms with Gasteiger partial charge in [-0.1, -0.05) is 11.6 Å². The van der Waals surface area contributed by atoms with E-state index < -0.39 is 0 Å². The lowest BCUT2D eigenvalue weighted by Gasteiger charge is -2.12. The molecule has 0 radical (unpaired) electrons. The van der Waals surface area contributed by atoms with Crippen molar-refractivity contribution in [1.82, 2.24) is 9.78 Å². The quantitative estimate of drug-likeness (QED) is 0.941. The molecular weight excluding hydrogens is 310 g/mol. The van der Waals surface area contributed by atoms with Gasteiger partial charge in [0.25, 0.3) is 0 Å². The van der Waals surface area contributed by atoms with Crippen molar-refractivity contribution in [1.29, 1.82) is 0 Å². The number of aromatic nitrogens is 2. The highest BCUT2D eigenvalue weighted by atomic mass is 79.9. The van der Waals surface area contributed by atoms with Crippen molar-refractivity contribution in [2.24, 2.45) is 5.73 Å². The third-order valence-electron chi connectivity index (χ3n) is 2.32. The standard InChI is InChI=1S/C10H11BrClN3S/c1-2-15-10(7(12)4-14-15)9(13)8-3-6(11)5-16-8/h3-5,9H,2,13H2,1H3. The number of nitrogens with zero attached hydrogens (tertiary/aromatic N) is 2. The number of halogens is 2. The molecule has 2 aromatic rings. The van der Waals surface area contributed by atoms with Gasteiger partial charge in [-0.3, -0.25) is 4.68 Å². The molecule has 2 heterocycles. The first-order valence-electron chi connectivity index (χ1n) is 4.84. The second-order valence-corrected chi connectivity index (χ2v) is 5.60. The fourth-order valence-corrected chi connectivity index (χ4v) is 3.27. The van der Waals surface area contributed by atoms with Crippen molar-refractivity contribution in [2.75, 3.05) is 0 Å². The van der Waals surface area contributed by atoms with E-state index in [2.05, 4.69) is 21.0 Å². The van der Waals surface area contributed by atoms with Gasteiger partial charge in [-0.15, -0.1) is 11.3 Å². The molecule has 3 nitrogen and oxygen atoms in total. The molecule has 0 aromatic carbocycles. The van der Waals surface area contributed by atoms with E-state index >= 15 is 0 Å². The lowest BCUT2D eigenvalue weighted by Crippen LogP contribution is -2.16. The summed E-state index contributed by atoms with van der Waals surface area (Å²) in [4.78, 5) is 1.07. The molecule has 1 unspecified atom stereocenters. The van der Waals surface area contributed by atoms with Gasteiger partial charge in [0.2, 0.25) is 0 Å². The number of hydrogen-bond acceptors (Lipinski definition) is 3. The van der Waals surface area contributed by atoms with Crippen molar-refractivity contribution >= 4 is 38.9 Å². The second kappa shape index (κ2) is 4.87. The topological polar surface area (TPSA) is 43.8 Å². The molecule has 0 amide bonds. The predicted molar refractivity (Wildman–Crippen MR) is 71.0 cm³/mol. The summed E-state index contributed by atoms with van der Waals surface area (Å²) < 4.78 is 2.88. The van der Waals surface area contributed by atoms with Crippen molar-refractivity contribution in [3.63, 3.8) is 0 Å². The van der Waals surface area contributed by atoms with E-state index in [0.29, 0.717) is 5.02 Å². The van der Waals surface area contributed by atoms with Crippen LogP contribution in [0, 0.1) is 0 Å². The van der Waals surface area contributed by atoms with E-state index in [1.54, 1.807) is 17.5 Å². The molecule has 0 aliphatic heterocycles. The molecule has 0 saturated heterocycles. The van der Waals surface area contributed by atoms with Crippen molar-refractivity contribution in [2.45, 2.75) is 19.5 Å². The monoisotopic (exact) mass is 319 g/mol. The van der Waals surface area contributed by atoms with Crippen LogP contribution in [-0.4, -0.2) is 9.78 Å². The average Bonchev–Trinajstić information content (AvgIpc) is 2.83. The Bertz CT molecular complexity index is 494. The van der Waals surface area contributed by atoms with Crippen LogP contribution in [0.15, 0.2) is 22.1 Å². The average molecular weight is 321 g/mol. The zero-order chi connectivity index (χ0) is 11.7. The predicted octanol–water partition coefficient (Wildman–Crippen LogP) is 3.43. The lowest BCUT2D eigenvalue weighted by atomic mass is 10.2. The first kappa shape index (κ1) is 12.1. The Kier molecular flexibility index (Phi) is 3.69. The van der Waals surface area contributed by atoms with E-state index in [1.165, 1.54) is 0 Å². The molecule has 1 atom stereocenters. The van der Waals surface area contributed by atoms with Crippen LogP contribution in [0.25, 0.3) is 0 Å². The third kappa shape index (κ3) is 2.18. The number of hydrogen-bond donors (Lipinski definition) is 1. The number of aryl methyl sites for hydroxylation is 1. The molecule has 0 bridgehead atoms. The molecule has 0 spiro atoms. The summed E-state index contributed by atoms with van der Waals surface area (Å²) in [7, 11) is 0. The largest absolute Gasteiger partial charge is 0.318 e. The minimum Gasteiger partial charge on any atom is -0.318 e. The van der Waals surface area contributed by atoms with Crippen LogP contribution in [0.3, 0.4) is 0 Å². The number of rotatable bonds is 3. The van der Waals surface area contributed by atoms with E-state index in [-0.39, 0.29) is 6.04 Å². The molecule has 86 valence electrons. The molecule has 6 heteroatoms. The summed E-state index contributed by atoms with van der Waals surface area (Å²) >= 11 is 11.1. The van der Waals surface area contributed by atoms with E-state index in [9.17, 15) is 0 Å². The molecule has 0 fully saturated rings. The van der Waals surface area contributed by atoms with Crippen LogP contribution in [0.5, 0.6) is 0 Å². The van der Waals surface area contributed by atoms with Crippen LogP contribution < -0.4 is 5.73 Å². The SMILES string of the molecule is CCn1ncc(Cl)c1C(N)c1cc(Br)cs1. The van der Waals surface area contributed by atoms with Crippen molar-refractivity contribution in [3.8, 4) is 0 Å². The third-order valence-corrected chi connectivity index (χ3v) is 4.39. The van der Waals surface area contributed by atoms with Gasteiger partial charge in [-0.25, -0.2) is 0 Å². The van der Waals surface area contributed by atoms with E-state index in [0.717, 1.165) is 21.6 Å². The maximum Gasteiger partial charge on any atom is 0.0837 e. The highest BCUT2D eigenvalue weighted by Crippen LogP contribution is 2.31. The second-order valence-electron chi connectivity index (χ2n) is 3.34. The Labute approximate surface area is 111 Å². The van der Waals surface area contributed by atoms with Crippen LogP contribution in [0.4, 0.5) is 0 Å². The number of thiophene rings is 1. The smallest absolute Gasteiger partial charge is 0.0837 e. The molecule has 2 N–H and O–H groups in total. The first-order valence-corrected chi connectivity index (χ1v) is 6.89. The molecule has 2 aromatic heterocycles. The van der Waals surface area contributed by atoms with Gasteiger partial charge in [-0.2, -0.15) is 5.10 Å². The van der Waals surface area contributed by atoms with Crippen LogP contribution >= 0.6 is 38.9 Å². The summed E-state index contributed by atoms with van der Waals surface area (Å²) in [5.41, 5.74) is 7.07. The van der Waals surface area contributed by atoms with Gasteiger partial charge < -0.3 is 5.73 Å². The minimum absolute atomic E-state index is 0.216. The Morgan fingerprint density at radius 3 is 3.00 bits per heavy atom. The number of nitrogens with two attached hydrogens (primary N) is 1. The Balaban J connectivity index is 2.40. The maximum absolute atomic E-state index is 6.20. The normalized spacial score (nSPS) is 13.0. The summed E-state index contributed by atoms with van der Waals surface area (Å²) in [5.74, 6) is 0. The Morgan fingerprint density at radius 1 is 1.69 bits per heavy atom. The molecule has 0 aliphatic carbocycles. The van der Waals surface area contributed by atoms with Gasteiger partial charge in [0.05, 0.1) is 23.0 Å². The maximum atomic E-state index is 6.20. The molecular formula is C10H11BrClN3S. The molecule has 2 rings (SSSR count). The fraction of sp³-hybridized carbons (Fsp3) is 0.300. The van der Waals surface area contributed by atoms with Gasteiger partial charge in [0.1, 0.15) is 0 Å². The molecule has 0 saturated carbocycles. The van der Waals surface area contributed by atoms with Gasteiger partial charge in [0, 0.05) is 21.3 Å². The highest BCUT2D eigenvalue weighted by molar-refractivity contribution is 9.10. The Morgan fingerprint density at radius 2 is 2.44 bits per heavy atom. The summed E-state index contributed by atoms with van der Waals surface area (Å²) in [5, 5.41) is 6.82. The van der Waals surface area contributed by atoms with Crippen LogP contribution in [-0.2, 0) is 6.54 Å². The molecule has 0 aliphatic rings. The van der Waals surface area contributed by atoms with Gasteiger partial charge in [-0.05, 0) is 28.9 Å². The van der Waals surface area contributed by atoms with Crippen molar-refractivity contribution < 1.29 is 0 Å². The summed E-state index contributed by atoms with van der Waals surface area (Å²) in [6, 6.07) is 1.80. The lowest BCUT2D eigenvalue weighted by molar-refractivity contribution is 0.603. The fourth-order valence-electron chi connectivity index (χ4n) is 1.56. The van der Waals surface area contributed by atoms with E-state index in [1.807, 2.05) is 23.1 Å². The Hall–Kier alpha value is -0.360. The van der Waals surface area contributed by atoms with Gasteiger partial charge in [0.15, 0.2) is 0 Å².